The van der Waals surface area contributed by atoms with Gasteiger partial charge in [-0.05, 0) is 44.0 Å². The van der Waals surface area contributed by atoms with Gasteiger partial charge in [-0.15, -0.1) is 0 Å². The Balaban J connectivity index is 1.74. The Kier molecular flexibility index (Phi) is 6.78. The highest BCUT2D eigenvalue weighted by Gasteiger charge is 2.18. The zero-order chi connectivity index (χ0) is 16.1. The first kappa shape index (κ1) is 17.8. The Morgan fingerprint density at radius 1 is 1.32 bits per heavy atom. The number of aliphatic hydroxyl groups excluding tert-OH is 1. The highest BCUT2D eigenvalue weighted by Crippen LogP contribution is 2.30. The Bertz CT molecular complexity index is 491. The van der Waals surface area contributed by atoms with Gasteiger partial charge in [0.2, 0.25) is 0 Å². The van der Waals surface area contributed by atoms with E-state index in [9.17, 15) is 10.2 Å². The van der Waals surface area contributed by atoms with Gasteiger partial charge >= 0.3 is 0 Å². The molecular weight excluding hydrogens is 323 g/mol. The van der Waals surface area contributed by atoms with Crippen molar-refractivity contribution in [3.8, 4) is 5.75 Å². The molecule has 22 heavy (non-hydrogen) atoms. The predicted molar refractivity (Wildman–Crippen MR) is 90.7 cm³/mol. The monoisotopic (exact) mass is 346 g/mol. The first-order valence-electron chi connectivity index (χ1n) is 7.73. The third-order valence-electron chi connectivity index (χ3n) is 4.15. The number of rotatable bonds is 6. The summed E-state index contributed by atoms with van der Waals surface area (Å²) in [6, 6.07) is 3.18. The van der Waals surface area contributed by atoms with Gasteiger partial charge in [-0.3, -0.25) is 0 Å². The largest absolute Gasteiger partial charge is 0.506 e. The summed E-state index contributed by atoms with van der Waals surface area (Å²) in [5.74, 6) is 0.833. The van der Waals surface area contributed by atoms with E-state index in [-0.39, 0.29) is 10.8 Å². The van der Waals surface area contributed by atoms with Gasteiger partial charge in [0.05, 0.1) is 11.1 Å². The molecule has 0 aliphatic carbocycles. The van der Waals surface area contributed by atoms with Crippen LogP contribution in [0.2, 0.25) is 10.0 Å². The summed E-state index contributed by atoms with van der Waals surface area (Å²) in [6.45, 7) is 5.96. The number of nitrogens with zero attached hydrogens (tertiary/aromatic N) is 1. The lowest BCUT2D eigenvalue weighted by atomic mass is 9.99. The maximum atomic E-state index is 10.1. The maximum absolute atomic E-state index is 10.1. The molecular formula is C16H24Cl2N2O2. The predicted octanol–water partition coefficient (Wildman–Crippen LogP) is 2.88. The van der Waals surface area contributed by atoms with E-state index in [2.05, 4.69) is 17.1 Å². The summed E-state index contributed by atoms with van der Waals surface area (Å²) in [5.41, 5.74) is 0.636. The van der Waals surface area contributed by atoms with Crippen LogP contribution in [-0.4, -0.2) is 47.4 Å². The van der Waals surface area contributed by atoms with Gasteiger partial charge in [0.25, 0.3) is 0 Å². The molecule has 1 heterocycles. The molecule has 0 radical (unpaired) electrons. The molecule has 1 aromatic rings. The van der Waals surface area contributed by atoms with Crippen molar-refractivity contribution in [2.75, 3.05) is 26.2 Å². The normalized spacial score (nSPS) is 18.5. The number of phenolic OH excluding ortho intramolecular Hbond substituents is 1. The number of aromatic hydroxyl groups is 1. The summed E-state index contributed by atoms with van der Waals surface area (Å²) in [4.78, 5) is 2.31. The lowest BCUT2D eigenvalue weighted by Gasteiger charge is -2.31. The quantitative estimate of drug-likeness (QED) is 0.741. The van der Waals surface area contributed by atoms with Crippen molar-refractivity contribution in [1.82, 2.24) is 10.2 Å². The molecule has 4 nitrogen and oxygen atoms in total. The molecule has 0 saturated carbocycles. The minimum atomic E-state index is -0.426. The van der Waals surface area contributed by atoms with Crippen LogP contribution < -0.4 is 5.32 Å². The van der Waals surface area contributed by atoms with Crippen molar-refractivity contribution in [2.24, 2.45) is 5.92 Å². The number of phenols is 1. The number of piperidine rings is 1. The number of nitrogens with one attached hydrogen (secondary N) is 1. The average Bonchev–Trinajstić information content (AvgIpc) is 2.46. The summed E-state index contributed by atoms with van der Waals surface area (Å²) in [5, 5.41) is 23.8. The Morgan fingerprint density at radius 3 is 2.68 bits per heavy atom. The van der Waals surface area contributed by atoms with Gasteiger partial charge in [-0.1, -0.05) is 30.1 Å². The summed E-state index contributed by atoms with van der Waals surface area (Å²) in [6.07, 6.45) is 1.98. The van der Waals surface area contributed by atoms with Crippen molar-refractivity contribution >= 4 is 23.2 Å². The van der Waals surface area contributed by atoms with E-state index in [1.54, 1.807) is 6.07 Å². The van der Waals surface area contributed by atoms with Gasteiger partial charge in [0, 0.05) is 30.2 Å². The van der Waals surface area contributed by atoms with Crippen LogP contribution in [0.1, 0.15) is 25.3 Å². The molecule has 1 unspecified atom stereocenters. The minimum absolute atomic E-state index is 0.0399. The fourth-order valence-corrected chi connectivity index (χ4v) is 3.27. The lowest BCUT2D eigenvalue weighted by Crippen LogP contribution is -2.41. The van der Waals surface area contributed by atoms with E-state index in [1.807, 2.05) is 0 Å². The third-order valence-corrected chi connectivity index (χ3v) is 4.65. The molecule has 0 amide bonds. The van der Waals surface area contributed by atoms with E-state index >= 15 is 0 Å². The number of aliphatic hydroxyl groups is 1. The van der Waals surface area contributed by atoms with Crippen LogP contribution in [0.15, 0.2) is 12.1 Å². The number of hydrogen-bond donors (Lipinski definition) is 3. The van der Waals surface area contributed by atoms with Crippen molar-refractivity contribution in [3.63, 3.8) is 0 Å². The molecule has 1 aliphatic rings. The minimum Gasteiger partial charge on any atom is -0.506 e. The molecule has 6 heteroatoms. The molecule has 0 aromatic heterocycles. The van der Waals surface area contributed by atoms with Crippen molar-refractivity contribution in [3.05, 3.63) is 27.7 Å². The van der Waals surface area contributed by atoms with Gasteiger partial charge in [-0.25, -0.2) is 0 Å². The van der Waals surface area contributed by atoms with E-state index in [0.29, 0.717) is 30.2 Å². The van der Waals surface area contributed by atoms with E-state index in [1.165, 1.54) is 18.9 Å². The molecule has 1 fully saturated rings. The van der Waals surface area contributed by atoms with E-state index in [4.69, 9.17) is 23.2 Å². The van der Waals surface area contributed by atoms with Gasteiger partial charge in [-0.2, -0.15) is 0 Å². The first-order valence-corrected chi connectivity index (χ1v) is 8.49. The van der Waals surface area contributed by atoms with Crippen LogP contribution >= 0.6 is 23.2 Å². The second-order valence-corrected chi connectivity index (χ2v) is 7.01. The van der Waals surface area contributed by atoms with Gasteiger partial charge in [0.15, 0.2) is 0 Å². The standard InChI is InChI=1S/C16H24Cl2N2O2/c1-11-2-4-20(5-3-11)10-14(21)9-19-8-12-6-13(17)7-15(18)16(12)22/h6-7,11,14,19,21-22H,2-5,8-10H2,1H3. The van der Waals surface area contributed by atoms with Gasteiger partial charge in [0.1, 0.15) is 5.75 Å². The number of hydrogen-bond acceptors (Lipinski definition) is 4. The van der Waals surface area contributed by atoms with Crippen LogP contribution in [0.4, 0.5) is 0 Å². The van der Waals surface area contributed by atoms with Crippen LogP contribution in [0.5, 0.6) is 5.75 Å². The highest BCUT2D eigenvalue weighted by atomic mass is 35.5. The number of halogens is 2. The second kappa shape index (κ2) is 8.37. The van der Waals surface area contributed by atoms with Crippen LogP contribution in [-0.2, 0) is 6.54 Å². The molecule has 2 rings (SSSR count). The first-order chi connectivity index (χ1) is 10.5. The van der Waals surface area contributed by atoms with E-state index in [0.717, 1.165) is 19.0 Å². The number of benzene rings is 1. The Hall–Kier alpha value is -0.520. The van der Waals surface area contributed by atoms with Crippen LogP contribution in [0.3, 0.4) is 0 Å². The van der Waals surface area contributed by atoms with Gasteiger partial charge < -0.3 is 20.4 Å². The molecule has 0 spiro atoms. The summed E-state index contributed by atoms with van der Waals surface area (Å²) in [7, 11) is 0. The molecule has 1 atom stereocenters. The zero-order valence-electron chi connectivity index (χ0n) is 12.9. The second-order valence-electron chi connectivity index (χ2n) is 6.16. The molecule has 124 valence electrons. The summed E-state index contributed by atoms with van der Waals surface area (Å²) >= 11 is 11.8. The fourth-order valence-electron chi connectivity index (χ4n) is 2.73. The van der Waals surface area contributed by atoms with Crippen LogP contribution in [0.25, 0.3) is 0 Å². The average molecular weight is 347 g/mol. The zero-order valence-corrected chi connectivity index (χ0v) is 14.4. The van der Waals surface area contributed by atoms with Crippen LogP contribution in [0, 0.1) is 5.92 Å². The van der Waals surface area contributed by atoms with Crippen molar-refractivity contribution in [1.29, 1.82) is 0 Å². The Morgan fingerprint density at radius 2 is 2.00 bits per heavy atom. The molecule has 1 aliphatic heterocycles. The number of β-amino-alcohol motifs (C(OH)–C–C–N with tert-alkyl or cyclic N) is 1. The maximum Gasteiger partial charge on any atom is 0.138 e. The molecule has 1 saturated heterocycles. The Labute approximate surface area is 142 Å². The highest BCUT2D eigenvalue weighted by molar-refractivity contribution is 6.35. The lowest BCUT2D eigenvalue weighted by molar-refractivity contribution is 0.0906. The van der Waals surface area contributed by atoms with Crippen molar-refractivity contribution in [2.45, 2.75) is 32.4 Å². The fraction of sp³-hybridized carbons (Fsp3) is 0.625. The topological polar surface area (TPSA) is 55.7 Å². The van der Waals surface area contributed by atoms with Crippen molar-refractivity contribution < 1.29 is 10.2 Å². The molecule has 1 aromatic carbocycles. The third kappa shape index (κ3) is 5.28. The molecule has 3 N–H and O–H groups in total. The van der Waals surface area contributed by atoms with E-state index < -0.39 is 6.10 Å². The molecule has 0 bridgehead atoms. The smallest absolute Gasteiger partial charge is 0.138 e. The summed E-state index contributed by atoms with van der Waals surface area (Å²) < 4.78 is 0. The SMILES string of the molecule is CC1CCN(CC(O)CNCc2cc(Cl)cc(Cl)c2O)CC1. The number of likely N-dealkylation sites (tertiary alicyclic amines) is 1.